The van der Waals surface area contributed by atoms with Crippen LogP contribution in [0.25, 0.3) is 0 Å². The van der Waals surface area contributed by atoms with Crippen molar-refractivity contribution in [3.8, 4) is 0 Å². The van der Waals surface area contributed by atoms with Gasteiger partial charge >= 0.3 is 0 Å². The molecular formula is C15H20BrNO. The Kier molecular flexibility index (Phi) is 4.81. The van der Waals surface area contributed by atoms with Crippen LogP contribution in [0.3, 0.4) is 0 Å². The van der Waals surface area contributed by atoms with E-state index in [0.29, 0.717) is 6.04 Å². The van der Waals surface area contributed by atoms with Gasteiger partial charge in [-0.1, -0.05) is 47.7 Å². The molecule has 1 aliphatic carbocycles. The van der Waals surface area contributed by atoms with Crippen LogP contribution >= 0.6 is 15.9 Å². The summed E-state index contributed by atoms with van der Waals surface area (Å²) in [7, 11) is 0. The SMILES string of the molecule is Cc1ccc(Br)cc1C(=O)NC1CCCCCC1. The van der Waals surface area contributed by atoms with E-state index in [4.69, 9.17) is 0 Å². The number of rotatable bonds is 2. The van der Waals surface area contributed by atoms with Gasteiger partial charge in [-0.2, -0.15) is 0 Å². The van der Waals surface area contributed by atoms with Crippen molar-refractivity contribution in [3.63, 3.8) is 0 Å². The molecular weight excluding hydrogens is 290 g/mol. The molecule has 0 aromatic heterocycles. The van der Waals surface area contributed by atoms with Gasteiger partial charge in [-0.15, -0.1) is 0 Å². The molecule has 1 saturated carbocycles. The Morgan fingerprint density at radius 3 is 2.56 bits per heavy atom. The lowest BCUT2D eigenvalue weighted by Gasteiger charge is -2.17. The van der Waals surface area contributed by atoms with Crippen LogP contribution in [-0.2, 0) is 0 Å². The second-order valence-corrected chi connectivity index (χ2v) is 6.04. The lowest BCUT2D eigenvalue weighted by Crippen LogP contribution is -2.34. The molecule has 0 aliphatic heterocycles. The minimum absolute atomic E-state index is 0.0701. The minimum atomic E-state index is 0.0701. The van der Waals surface area contributed by atoms with E-state index in [-0.39, 0.29) is 5.91 Å². The van der Waals surface area contributed by atoms with Gasteiger partial charge in [-0.3, -0.25) is 4.79 Å². The molecule has 2 nitrogen and oxygen atoms in total. The van der Waals surface area contributed by atoms with Crippen LogP contribution in [0, 0.1) is 6.92 Å². The summed E-state index contributed by atoms with van der Waals surface area (Å²) >= 11 is 3.42. The Morgan fingerprint density at radius 2 is 1.89 bits per heavy atom. The summed E-state index contributed by atoms with van der Waals surface area (Å²) in [5, 5.41) is 3.18. The maximum absolute atomic E-state index is 12.3. The smallest absolute Gasteiger partial charge is 0.251 e. The molecule has 3 heteroatoms. The zero-order chi connectivity index (χ0) is 13.0. The van der Waals surface area contributed by atoms with Crippen LogP contribution in [0.15, 0.2) is 22.7 Å². The van der Waals surface area contributed by atoms with Crippen LogP contribution in [0.1, 0.15) is 54.4 Å². The van der Waals surface area contributed by atoms with Crippen LogP contribution < -0.4 is 5.32 Å². The fraction of sp³-hybridized carbons (Fsp3) is 0.533. The summed E-state index contributed by atoms with van der Waals surface area (Å²) in [4.78, 5) is 12.3. The second kappa shape index (κ2) is 6.37. The predicted molar refractivity (Wildman–Crippen MR) is 77.8 cm³/mol. The first kappa shape index (κ1) is 13.6. The van der Waals surface area contributed by atoms with Gasteiger partial charge < -0.3 is 5.32 Å². The highest BCUT2D eigenvalue weighted by atomic mass is 79.9. The Morgan fingerprint density at radius 1 is 1.22 bits per heavy atom. The molecule has 1 N–H and O–H groups in total. The molecule has 2 rings (SSSR count). The van der Waals surface area contributed by atoms with E-state index in [0.717, 1.165) is 28.4 Å². The summed E-state index contributed by atoms with van der Waals surface area (Å²) in [6.07, 6.45) is 7.34. The number of benzene rings is 1. The number of carbonyl (C=O) groups is 1. The average molecular weight is 310 g/mol. The van der Waals surface area contributed by atoms with Crippen LogP contribution in [0.5, 0.6) is 0 Å². The molecule has 0 unspecified atom stereocenters. The number of hydrogen-bond donors (Lipinski definition) is 1. The number of nitrogens with one attached hydrogen (secondary N) is 1. The van der Waals surface area contributed by atoms with Crippen LogP contribution in [-0.4, -0.2) is 11.9 Å². The highest BCUT2D eigenvalue weighted by molar-refractivity contribution is 9.10. The van der Waals surface area contributed by atoms with Gasteiger partial charge in [0.15, 0.2) is 0 Å². The van der Waals surface area contributed by atoms with Crippen molar-refractivity contribution in [2.45, 2.75) is 51.5 Å². The van der Waals surface area contributed by atoms with E-state index >= 15 is 0 Å². The maximum atomic E-state index is 12.3. The fourth-order valence-electron chi connectivity index (χ4n) is 2.53. The highest BCUT2D eigenvalue weighted by Gasteiger charge is 2.16. The zero-order valence-electron chi connectivity index (χ0n) is 10.8. The minimum Gasteiger partial charge on any atom is -0.349 e. The molecule has 0 radical (unpaired) electrons. The lowest BCUT2D eigenvalue weighted by atomic mass is 10.1. The monoisotopic (exact) mass is 309 g/mol. The van der Waals surface area contributed by atoms with Crippen molar-refractivity contribution >= 4 is 21.8 Å². The largest absolute Gasteiger partial charge is 0.349 e. The van der Waals surface area contributed by atoms with Crippen molar-refractivity contribution in [2.75, 3.05) is 0 Å². The number of hydrogen-bond acceptors (Lipinski definition) is 1. The zero-order valence-corrected chi connectivity index (χ0v) is 12.4. The van der Waals surface area contributed by atoms with E-state index in [1.807, 2.05) is 25.1 Å². The summed E-state index contributed by atoms with van der Waals surface area (Å²) in [6, 6.07) is 6.21. The molecule has 1 fully saturated rings. The van der Waals surface area contributed by atoms with Crippen molar-refractivity contribution in [3.05, 3.63) is 33.8 Å². The maximum Gasteiger partial charge on any atom is 0.251 e. The molecule has 1 aromatic carbocycles. The van der Waals surface area contributed by atoms with Crippen molar-refractivity contribution in [1.29, 1.82) is 0 Å². The van der Waals surface area contributed by atoms with Gasteiger partial charge in [0.2, 0.25) is 0 Å². The topological polar surface area (TPSA) is 29.1 Å². The van der Waals surface area contributed by atoms with Gasteiger partial charge in [0.25, 0.3) is 5.91 Å². The third-order valence-electron chi connectivity index (χ3n) is 3.63. The Bertz CT molecular complexity index is 423. The molecule has 0 bridgehead atoms. The first-order valence-corrected chi connectivity index (χ1v) is 7.53. The van der Waals surface area contributed by atoms with Crippen molar-refractivity contribution in [2.24, 2.45) is 0 Å². The first-order valence-electron chi connectivity index (χ1n) is 6.74. The number of aryl methyl sites for hydroxylation is 1. The third-order valence-corrected chi connectivity index (χ3v) is 4.13. The van der Waals surface area contributed by atoms with Crippen molar-refractivity contribution < 1.29 is 4.79 Å². The van der Waals surface area contributed by atoms with E-state index < -0.39 is 0 Å². The number of carbonyl (C=O) groups excluding carboxylic acids is 1. The van der Waals surface area contributed by atoms with E-state index in [2.05, 4.69) is 21.2 Å². The fourth-order valence-corrected chi connectivity index (χ4v) is 2.89. The lowest BCUT2D eigenvalue weighted by molar-refractivity contribution is 0.0932. The van der Waals surface area contributed by atoms with Crippen LogP contribution in [0.2, 0.25) is 0 Å². The quantitative estimate of drug-likeness (QED) is 0.815. The first-order chi connectivity index (χ1) is 8.66. The van der Waals surface area contributed by atoms with Crippen LogP contribution in [0.4, 0.5) is 0 Å². The van der Waals surface area contributed by atoms with Gasteiger partial charge in [-0.05, 0) is 37.5 Å². The Labute approximate surface area is 117 Å². The van der Waals surface area contributed by atoms with Gasteiger partial charge in [-0.25, -0.2) is 0 Å². The van der Waals surface area contributed by atoms with E-state index in [1.54, 1.807) is 0 Å². The second-order valence-electron chi connectivity index (χ2n) is 5.12. The summed E-state index contributed by atoms with van der Waals surface area (Å²) < 4.78 is 0.958. The average Bonchev–Trinajstić information content (AvgIpc) is 2.61. The summed E-state index contributed by atoms with van der Waals surface area (Å²) in [5.74, 6) is 0.0701. The predicted octanol–water partition coefficient (Wildman–Crippen LogP) is 4.21. The molecule has 0 heterocycles. The normalized spacial score (nSPS) is 17.2. The molecule has 98 valence electrons. The molecule has 18 heavy (non-hydrogen) atoms. The third kappa shape index (κ3) is 3.58. The summed E-state index contributed by atoms with van der Waals surface area (Å²) in [5.41, 5.74) is 1.82. The highest BCUT2D eigenvalue weighted by Crippen LogP contribution is 2.19. The van der Waals surface area contributed by atoms with E-state index in [1.165, 1.54) is 25.7 Å². The molecule has 1 amide bonds. The number of amides is 1. The molecule has 0 spiro atoms. The number of halogens is 1. The molecule has 0 saturated heterocycles. The van der Waals surface area contributed by atoms with Gasteiger partial charge in [0.1, 0.15) is 0 Å². The van der Waals surface area contributed by atoms with E-state index in [9.17, 15) is 4.79 Å². The van der Waals surface area contributed by atoms with Gasteiger partial charge in [0.05, 0.1) is 0 Å². The van der Waals surface area contributed by atoms with Gasteiger partial charge in [0, 0.05) is 16.1 Å². The Balaban J connectivity index is 2.04. The standard InChI is InChI=1S/C15H20BrNO/c1-11-8-9-12(16)10-14(11)15(18)17-13-6-4-2-3-5-7-13/h8-10,13H,2-7H2,1H3,(H,17,18). The Hall–Kier alpha value is -0.830. The molecule has 0 atom stereocenters. The summed E-state index contributed by atoms with van der Waals surface area (Å²) in [6.45, 7) is 1.98. The molecule has 1 aliphatic rings. The van der Waals surface area contributed by atoms with Crippen molar-refractivity contribution in [1.82, 2.24) is 5.32 Å². The molecule has 1 aromatic rings.